The van der Waals surface area contributed by atoms with E-state index in [-0.39, 0.29) is 0 Å². The molecule has 1 aromatic heterocycles. The van der Waals surface area contributed by atoms with Crippen LogP contribution in [-0.2, 0) is 12.4 Å². The number of thioether (sulfide) groups is 1. The van der Waals surface area contributed by atoms with Crippen LogP contribution in [0.4, 0.5) is 0 Å². The van der Waals surface area contributed by atoms with Gasteiger partial charge in [0.15, 0.2) is 0 Å². The summed E-state index contributed by atoms with van der Waals surface area (Å²) in [7, 11) is 0. The molecule has 3 aromatic carbocycles. The Labute approximate surface area is 194 Å². The standard InChI is InChI=1S/C23H18Cl2N4OS/c24-20-9-8-19(22(25)12-20)14-30-21-10-6-17(7-11-21)13-27-29-16-26-28-23(29)31-15-18-4-2-1-3-5-18/h1-13,16H,14-15H2/b27-13+. The number of halogens is 2. The van der Waals surface area contributed by atoms with E-state index in [2.05, 4.69) is 27.4 Å². The Bertz CT molecular complexity index is 1160. The fourth-order valence-corrected chi connectivity index (χ4v) is 3.98. The van der Waals surface area contributed by atoms with Crippen LogP contribution in [0, 0.1) is 0 Å². The highest BCUT2D eigenvalue weighted by molar-refractivity contribution is 7.98. The fraction of sp³-hybridized carbons (Fsp3) is 0.0870. The second-order valence-electron chi connectivity index (χ2n) is 6.57. The molecule has 0 amide bonds. The van der Waals surface area contributed by atoms with Crippen LogP contribution in [0.25, 0.3) is 0 Å². The summed E-state index contributed by atoms with van der Waals surface area (Å²) >= 11 is 13.7. The molecule has 0 bridgehead atoms. The molecule has 0 aliphatic carbocycles. The predicted octanol–water partition coefficient (Wildman–Crippen LogP) is 6.34. The van der Waals surface area contributed by atoms with Gasteiger partial charge in [0.25, 0.3) is 0 Å². The van der Waals surface area contributed by atoms with Crippen molar-refractivity contribution in [1.29, 1.82) is 0 Å². The van der Waals surface area contributed by atoms with Crippen LogP contribution in [-0.4, -0.2) is 21.1 Å². The molecule has 0 fully saturated rings. The van der Waals surface area contributed by atoms with Gasteiger partial charge in [-0.15, -0.1) is 10.2 Å². The molecule has 0 saturated carbocycles. The number of nitrogens with zero attached hydrogens (tertiary/aromatic N) is 4. The number of ether oxygens (including phenoxy) is 1. The summed E-state index contributed by atoms with van der Waals surface area (Å²) in [6.45, 7) is 0.367. The van der Waals surface area contributed by atoms with Gasteiger partial charge in [0.2, 0.25) is 5.16 Å². The van der Waals surface area contributed by atoms with E-state index in [0.29, 0.717) is 16.7 Å². The number of rotatable bonds is 8. The van der Waals surface area contributed by atoms with Gasteiger partial charge in [-0.05, 0) is 47.5 Å². The van der Waals surface area contributed by atoms with Gasteiger partial charge in [0.05, 0.1) is 6.21 Å². The van der Waals surface area contributed by atoms with Gasteiger partial charge in [0, 0.05) is 21.4 Å². The van der Waals surface area contributed by atoms with Crippen molar-refractivity contribution in [1.82, 2.24) is 14.9 Å². The summed E-state index contributed by atoms with van der Waals surface area (Å²) in [5.41, 5.74) is 3.04. The number of aromatic nitrogens is 3. The van der Waals surface area contributed by atoms with Crippen molar-refractivity contribution < 1.29 is 4.74 Å². The van der Waals surface area contributed by atoms with Gasteiger partial charge in [0.1, 0.15) is 18.7 Å². The zero-order chi connectivity index (χ0) is 21.5. The Kier molecular flexibility index (Phi) is 7.25. The summed E-state index contributed by atoms with van der Waals surface area (Å²) in [6, 6.07) is 23.2. The van der Waals surface area contributed by atoms with Crippen molar-refractivity contribution in [2.75, 3.05) is 0 Å². The maximum atomic E-state index is 6.18. The average molecular weight is 469 g/mol. The van der Waals surface area contributed by atoms with Crippen LogP contribution in [0.5, 0.6) is 5.75 Å². The first-order chi connectivity index (χ1) is 15.2. The number of hydrogen-bond donors (Lipinski definition) is 0. The molecule has 0 aliphatic heterocycles. The van der Waals surface area contributed by atoms with Crippen LogP contribution >= 0.6 is 35.0 Å². The number of benzene rings is 3. The van der Waals surface area contributed by atoms with Gasteiger partial charge in [-0.3, -0.25) is 0 Å². The third kappa shape index (κ3) is 6.10. The molecule has 31 heavy (non-hydrogen) atoms. The van der Waals surface area contributed by atoms with E-state index in [9.17, 15) is 0 Å². The predicted molar refractivity (Wildman–Crippen MR) is 126 cm³/mol. The lowest BCUT2D eigenvalue weighted by Gasteiger charge is -2.08. The van der Waals surface area contributed by atoms with Crippen LogP contribution in [0.15, 0.2) is 89.4 Å². The van der Waals surface area contributed by atoms with Crippen LogP contribution in [0.2, 0.25) is 10.0 Å². The van der Waals surface area contributed by atoms with E-state index in [4.69, 9.17) is 27.9 Å². The minimum atomic E-state index is 0.367. The summed E-state index contributed by atoms with van der Waals surface area (Å²) in [6.07, 6.45) is 3.35. The van der Waals surface area contributed by atoms with Gasteiger partial charge in [-0.2, -0.15) is 9.78 Å². The van der Waals surface area contributed by atoms with Crippen molar-refractivity contribution in [3.63, 3.8) is 0 Å². The van der Waals surface area contributed by atoms with E-state index >= 15 is 0 Å². The molecule has 0 spiro atoms. The first kappa shape index (κ1) is 21.4. The lowest BCUT2D eigenvalue weighted by atomic mass is 10.2. The third-order valence-corrected chi connectivity index (χ3v) is 5.92. The molecule has 0 unspecified atom stereocenters. The Morgan fingerprint density at radius 3 is 2.58 bits per heavy atom. The fourth-order valence-electron chi connectivity index (χ4n) is 2.69. The molecular weight excluding hydrogens is 451 g/mol. The zero-order valence-corrected chi connectivity index (χ0v) is 18.7. The third-order valence-electron chi connectivity index (χ3n) is 4.33. The van der Waals surface area contributed by atoms with E-state index in [0.717, 1.165) is 27.8 Å². The number of hydrogen-bond acceptors (Lipinski definition) is 5. The smallest absolute Gasteiger partial charge is 0.212 e. The van der Waals surface area contributed by atoms with Crippen molar-refractivity contribution in [3.8, 4) is 5.75 Å². The zero-order valence-electron chi connectivity index (χ0n) is 16.4. The molecule has 0 saturated heterocycles. The second kappa shape index (κ2) is 10.5. The van der Waals surface area contributed by atoms with E-state index < -0.39 is 0 Å². The van der Waals surface area contributed by atoms with Gasteiger partial charge in [-0.1, -0.05) is 71.4 Å². The van der Waals surface area contributed by atoms with E-state index in [1.54, 1.807) is 41.1 Å². The van der Waals surface area contributed by atoms with E-state index in [1.165, 1.54) is 5.56 Å². The average Bonchev–Trinajstić information content (AvgIpc) is 3.24. The molecule has 156 valence electrons. The highest BCUT2D eigenvalue weighted by Gasteiger charge is 2.05. The SMILES string of the molecule is Clc1ccc(COc2ccc(/C=N/n3cnnc3SCc3ccccc3)cc2)c(Cl)c1. The van der Waals surface area contributed by atoms with E-state index in [1.807, 2.05) is 48.5 Å². The molecule has 4 rings (SSSR count). The summed E-state index contributed by atoms with van der Waals surface area (Å²) in [5.74, 6) is 1.55. The molecule has 0 atom stereocenters. The highest BCUT2D eigenvalue weighted by atomic mass is 35.5. The molecule has 8 heteroatoms. The Morgan fingerprint density at radius 1 is 1.00 bits per heavy atom. The van der Waals surface area contributed by atoms with Crippen LogP contribution < -0.4 is 4.74 Å². The first-order valence-corrected chi connectivity index (χ1v) is 11.2. The molecule has 0 radical (unpaired) electrons. The lowest BCUT2D eigenvalue weighted by molar-refractivity contribution is 0.306. The minimum absolute atomic E-state index is 0.367. The molecule has 4 aromatic rings. The lowest BCUT2D eigenvalue weighted by Crippen LogP contribution is -1.97. The normalized spacial score (nSPS) is 11.2. The monoisotopic (exact) mass is 468 g/mol. The molecular formula is C23H18Cl2N4OS. The molecule has 0 N–H and O–H groups in total. The van der Waals surface area contributed by atoms with Crippen molar-refractivity contribution >= 4 is 41.2 Å². The van der Waals surface area contributed by atoms with Gasteiger partial charge < -0.3 is 4.74 Å². The molecule has 0 aliphatic rings. The maximum absolute atomic E-state index is 6.18. The van der Waals surface area contributed by atoms with Crippen LogP contribution in [0.1, 0.15) is 16.7 Å². The Balaban J connectivity index is 1.34. The molecule has 5 nitrogen and oxygen atoms in total. The maximum Gasteiger partial charge on any atom is 0.212 e. The largest absolute Gasteiger partial charge is 0.489 e. The quantitative estimate of drug-likeness (QED) is 0.223. The van der Waals surface area contributed by atoms with Crippen LogP contribution in [0.3, 0.4) is 0 Å². The van der Waals surface area contributed by atoms with Crippen molar-refractivity contribution in [2.24, 2.45) is 5.10 Å². The van der Waals surface area contributed by atoms with Crippen molar-refractivity contribution in [2.45, 2.75) is 17.5 Å². The van der Waals surface area contributed by atoms with Gasteiger partial charge >= 0.3 is 0 Å². The Hall–Kier alpha value is -2.80. The minimum Gasteiger partial charge on any atom is -0.489 e. The topological polar surface area (TPSA) is 52.3 Å². The highest BCUT2D eigenvalue weighted by Crippen LogP contribution is 2.23. The second-order valence-corrected chi connectivity index (χ2v) is 8.36. The first-order valence-electron chi connectivity index (χ1n) is 9.45. The summed E-state index contributed by atoms with van der Waals surface area (Å²) in [4.78, 5) is 0. The summed E-state index contributed by atoms with van der Waals surface area (Å²) < 4.78 is 7.48. The summed E-state index contributed by atoms with van der Waals surface area (Å²) in [5, 5.41) is 14.5. The Morgan fingerprint density at radius 2 is 1.81 bits per heavy atom. The van der Waals surface area contributed by atoms with Crippen molar-refractivity contribution in [3.05, 3.63) is 106 Å². The molecule has 1 heterocycles. The van der Waals surface area contributed by atoms with Gasteiger partial charge in [-0.25, -0.2) is 0 Å².